The van der Waals surface area contributed by atoms with Crippen LogP contribution in [0.3, 0.4) is 0 Å². The molecule has 0 aliphatic carbocycles. The molecular weight excluding hydrogens is 258 g/mol. The van der Waals surface area contributed by atoms with E-state index in [1.54, 1.807) is 4.90 Å². The SMILES string of the molecule is CNCC1CCCN(C(=O)N[C@H](C(=O)O)C(C)(C)C)C1. The van der Waals surface area contributed by atoms with Gasteiger partial charge in [-0.3, -0.25) is 0 Å². The van der Waals surface area contributed by atoms with Gasteiger partial charge in [0.25, 0.3) is 0 Å². The van der Waals surface area contributed by atoms with Crippen LogP contribution < -0.4 is 10.6 Å². The quantitative estimate of drug-likeness (QED) is 0.723. The van der Waals surface area contributed by atoms with Crippen molar-refractivity contribution in [1.82, 2.24) is 15.5 Å². The average Bonchev–Trinajstić information content (AvgIpc) is 2.34. The summed E-state index contributed by atoms with van der Waals surface area (Å²) < 4.78 is 0. The van der Waals surface area contributed by atoms with Crippen molar-refractivity contribution in [2.45, 2.75) is 39.7 Å². The van der Waals surface area contributed by atoms with Crippen LogP contribution in [0.25, 0.3) is 0 Å². The zero-order chi connectivity index (χ0) is 15.3. The topological polar surface area (TPSA) is 81.7 Å². The highest BCUT2D eigenvalue weighted by Crippen LogP contribution is 2.21. The third-order valence-corrected chi connectivity index (χ3v) is 3.68. The number of hydrogen-bond acceptors (Lipinski definition) is 3. The maximum absolute atomic E-state index is 12.2. The van der Waals surface area contributed by atoms with Crippen molar-refractivity contribution < 1.29 is 14.7 Å². The van der Waals surface area contributed by atoms with Crippen molar-refractivity contribution in [3.63, 3.8) is 0 Å². The molecule has 3 N–H and O–H groups in total. The van der Waals surface area contributed by atoms with Crippen LogP contribution in [0.5, 0.6) is 0 Å². The lowest BCUT2D eigenvalue weighted by molar-refractivity contribution is -0.142. The summed E-state index contributed by atoms with van der Waals surface area (Å²) in [5.74, 6) is -0.549. The first-order valence-corrected chi connectivity index (χ1v) is 7.18. The van der Waals surface area contributed by atoms with Gasteiger partial charge in [0.1, 0.15) is 6.04 Å². The Morgan fingerprint density at radius 3 is 2.55 bits per heavy atom. The van der Waals surface area contributed by atoms with Gasteiger partial charge in [-0.2, -0.15) is 0 Å². The smallest absolute Gasteiger partial charge is 0.326 e. The van der Waals surface area contributed by atoms with Gasteiger partial charge in [-0.1, -0.05) is 20.8 Å². The molecule has 0 radical (unpaired) electrons. The molecule has 1 saturated heterocycles. The molecule has 0 saturated carbocycles. The number of aliphatic carboxylic acids is 1. The maximum Gasteiger partial charge on any atom is 0.326 e. The number of hydrogen-bond donors (Lipinski definition) is 3. The van der Waals surface area contributed by atoms with Crippen LogP contribution in [-0.2, 0) is 4.79 Å². The van der Waals surface area contributed by atoms with Gasteiger partial charge < -0.3 is 20.6 Å². The van der Waals surface area contributed by atoms with Gasteiger partial charge in [-0.15, -0.1) is 0 Å². The molecule has 1 fully saturated rings. The van der Waals surface area contributed by atoms with Crippen LogP contribution in [0.2, 0.25) is 0 Å². The van der Waals surface area contributed by atoms with Gasteiger partial charge in [-0.05, 0) is 37.8 Å². The van der Waals surface area contributed by atoms with Gasteiger partial charge in [-0.25, -0.2) is 9.59 Å². The number of carbonyl (C=O) groups is 2. The lowest BCUT2D eigenvalue weighted by atomic mass is 9.87. The molecule has 2 atom stereocenters. The van der Waals surface area contributed by atoms with Crippen LogP contribution >= 0.6 is 0 Å². The molecule has 20 heavy (non-hydrogen) atoms. The number of rotatable bonds is 4. The molecule has 0 aromatic heterocycles. The summed E-state index contributed by atoms with van der Waals surface area (Å²) in [6.45, 7) is 7.70. The lowest BCUT2D eigenvalue weighted by Gasteiger charge is -2.35. The Bertz CT molecular complexity index is 350. The Hall–Kier alpha value is -1.30. The summed E-state index contributed by atoms with van der Waals surface area (Å²) in [6, 6.07) is -1.15. The number of carboxylic acid groups (broad SMARTS) is 1. The van der Waals surface area contributed by atoms with Crippen LogP contribution in [0.15, 0.2) is 0 Å². The van der Waals surface area contributed by atoms with E-state index in [0.717, 1.165) is 19.4 Å². The van der Waals surface area contributed by atoms with E-state index in [0.29, 0.717) is 19.0 Å². The molecule has 0 spiro atoms. The largest absolute Gasteiger partial charge is 0.480 e. The summed E-state index contributed by atoms with van der Waals surface area (Å²) in [5.41, 5.74) is -0.512. The summed E-state index contributed by atoms with van der Waals surface area (Å²) in [7, 11) is 1.90. The summed E-state index contributed by atoms with van der Waals surface area (Å²) in [4.78, 5) is 25.3. The highest BCUT2D eigenvalue weighted by Gasteiger charge is 2.34. The molecule has 1 unspecified atom stereocenters. The van der Waals surface area contributed by atoms with E-state index < -0.39 is 17.4 Å². The molecule has 1 aliphatic heterocycles. The van der Waals surface area contributed by atoms with E-state index in [4.69, 9.17) is 0 Å². The highest BCUT2D eigenvalue weighted by atomic mass is 16.4. The molecule has 0 aromatic rings. The van der Waals surface area contributed by atoms with Crippen LogP contribution in [-0.4, -0.2) is 54.7 Å². The normalized spacial score (nSPS) is 21.4. The van der Waals surface area contributed by atoms with Gasteiger partial charge in [0.05, 0.1) is 0 Å². The number of urea groups is 1. The average molecular weight is 285 g/mol. The van der Waals surface area contributed by atoms with Crippen molar-refractivity contribution in [2.24, 2.45) is 11.3 Å². The summed E-state index contributed by atoms with van der Waals surface area (Å²) in [6.07, 6.45) is 2.07. The number of piperidine rings is 1. The van der Waals surface area contributed by atoms with Crippen LogP contribution in [0.4, 0.5) is 4.79 Å². The Balaban J connectivity index is 2.62. The molecular formula is C14H27N3O3. The number of carboxylic acids is 1. The fourth-order valence-electron chi connectivity index (χ4n) is 2.57. The molecule has 1 rings (SSSR count). The highest BCUT2D eigenvalue weighted by molar-refractivity contribution is 5.83. The standard InChI is InChI=1S/C14H27N3O3/c1-14(2,3)11(12(18)19)16-13(20)17-7-5-6-10(9-17)8-15-4/h10-11,15H,5-9H2,1-4H3,(H,16,20)(H,18,19)/t10?,11-/m1/s1. The Labute approximate surface area is 120 Å². The fourth-order valence-corrected chi connectivity index (χ4v) is 2.57. The van der Waals surface area contributed by atoms with E-state index in [9.17, 15) is 14.7 Å². The predicted molar refractivity (Wildman–Crippen MR) is 77.6 cm³/mol. The minimum Gasteiger partial charge on any atom is -0.480 e. The van der Waals surface area contributed by atoms with E-state index in [1.807, 2.05) is 27.8 Å². The second kappa shape index (κ2) is 6.92. The number of likely N-dealkylation sites (tertiary alicyclic amines) is 1. The van der Waals surface area contributed by atoms with E-state index in [-0.39, 0.29) is 6.03 Å². The zero-order valence-corrected chi connectivity index (χ0v) is 12.9. The second-order valence-corrected chi connectivity index (χ2v) is 6.60. The molecule has 0 bridgehead atoms. The van der Waals surface area contributed by atoms with Crippen LogP contribution in [0, 0.1) is 11.3 Å². The number of nitrogens with zero attached hydrogens (tertiary/aromatic N) is 1. The van der Waals surface area contributed by atoms with E-state index in [1.165, 1.54) is 0 Å². The van der Waals surface area contributed by atoms with Crippen LogP contribution in [0.1, 0.15) is 33.6 Å². The molecule has 1 aliphatic rings. The van der Waals surface area contributed by atoms with Crippen molar-refractivity contribution in [3.8, 4) is 0 Å². The first kappa shape index (κ1) is 16.8. The second-order valence-electron chi connectivity index (χ2n) is 6.60. The van der Waals surface area contributed by atoms with Gasteiger partial charge in [0.15, 0.2) is 0 Å². The maximum atomic E-state index is 12.2. The molecule has 2 amide bonds. The Morgan fingerprint density at radius 2 is 2.05 bits per heavy atom. The third-order valence-electron chi connectivity index (χ3n) is 3.68. The summed E-state index contributed by atoms with van der Waals surface area (Å²) in [5, 5.41) is 15.0. The van der Waals surface area contributed by atoms with Crippen molar-refractivity contribution in [2.75, 3.05) is 26.7 Å². The van der Waals surface area contributed by atoms with Crippen molar-refractivity contribution in [3.05, 3.63) is 0 Å². The van der Waals surface area contributed by atoms with E-state index in [2.05, 4.69) is 10.6 Å². The monoisotopic (exact) mass is 285 g/mol. The third kappa shape index (κ3) is 4.67. The Kier molecular flexibility index (Phi) is 5.80. The van der Waals surface area contributed by atoms with Gasteiger partial charge in [0.2, 0.25) is 0 Å². The first-order valence-electron chi connectivity index (χ1n) is 7.18. The minimum absolute atomic E-state index is 0.270. The predicted octanol–water partition coefficient (Wildman–Crippen LogP) is 1.13. The van der Waals surface area contributed by atoms with Crippen molar-refractivity contribution in [1.29, 1.82) is 0 Å². The molecule has 6 nitrogen and oxygen atoms in total. The van der Waals surface area contributed by atoms with Gasteiger partial charge in [0, 0.05) is 13.1 Å². The number of amides is 2. The number of carbonyl (C=O) groups excluding carboxylic acids is 1. The molecule has 0 aromatic carbocycles. The van der Waals surface area contributed by atoms with E-state index >= 15 is 0 Å². The number of nitrogens with one attached hydrogen (secondary N) is 2. The fraction of sp³-hybridized carbons (Fsp3) is 0.857. The molecule has 1 heterocycles. The molecule has 6 heteroatoms. The van der Waals surface area contributed by atoms with Crippen molar-refractivity contribution >= 4 is 12.0 Å². The zero-order valence-electron chi connectivity index (χ0n) is 12.9. The lowest BCUT2D eigenvalue weighted by Crippen LogP contribution is -2.55. The summed E-state index contributed by atoms with van der Waals surface area (Å²) >= 11 is 0. The minimum atomic E-state index is -0.991. The first-order chi connectivity index (χ1) is 9.25. The molecule has 116 valence electrons. The Morgan fingerprint density at radius 1 is 1.40 bits per heavy atom. The van der Waals surface area contributed by atoms with Gasteiger partial charge >= 0.3 is 12.0 Å².